The van der Waals surface area contributed by atoms with Gasteiger partial charge in [0.1, 0.15) is 11.8 Å². The van der Waals surface area contributed by atoms with E-state index in [1.54, 1.807) is 18.2 Å². The first-order valence-electron chi connectivity index (χ1n) is 3.29. The van der Waals surface area contributed by atoms with E-state index < -0.39 is 5.01 Å². The zero-order valence-corrected chi connectivity index (χ0v) is 9.40. The molecule has 1 aromatic carbocycles. The molecule has 0 aromatic heterocycles. The largest absolute Gasteiger partial charge is 0.465 e. The lowest BCUT2D eigenvalue weighted by atomic mass is 10.3. The highest BCUT2D eigenvalue weighted by Gasteiger charge is 2.05. The molecule has 0 aliphatic carbocycles. The predicted octanol–water partition coefficient (Wildman–Crippen LogP) is 3.62. The van der Waals surface area contributed by atoms with E-state index >= 15 is 0 Å². The number of halogens is 3. The smallest absolute Gasteiger partial charge is 0.238 e. The zero-order valence-electron chi connectivity index (χ0n) is 6.30. The van der Waals surface area contributed by atoms with Crippen molar-refractivity contribution in [2.45, 2.75) is 5.01 Å². The molecule has 0 aliphatic rings. The van der Waals surface area contributed by atoms with Crippen molar-refractivity contribution in [2.75, 3.05) is 0 Å². The molecule has 0 spiro atoms. The quantitative estimate of drug-likeness (QED) is 0.775. The molecule has 0 saturated carbocycles. The van der Waals surface area contributed by atoms with E-state index in [1.807, 2.05) is 6.07 Å². The predicted molar refractivity (Wildman–Crippen MR) is 55.4 cm³/mol. The highest BCUT2D eigenvalue weighted by atomic mass is 79.9. The third-order valence-electron chi connectivity index (χ3n) is 1.23. The minimum atomic E-state index is -0.676. The second kappa shape index (κ2) is 4.71. The van der Waals surface area contributed by atoms with Crippen LogP contribution in [0.5, 0.6) is 5.75 Å². The summed E-state index contributed by atoms with van der Waals surface area (Å²) < 4.78 is 5.11. The van der Waals surface area contributed by atoms with Crippen LogP contribution in [-0.4, -0.2) is 5.01 Å². The fraction of sp³-hybridized carbons (Fsp3) is 0.125. The molecular formula is C8H4BrCl2NO. The first-order chi connectivity index (χ1) is 6.13. The number of hydrogen-bond donors (Lipinski definition) is 0. The molecular weight excluding hydrogens is 277 g/mol. The second-order valence-corrected chi connectivity index (χ2v) is 3.78. The molecule has 5 heteroatoms. The lowest BCUT2D eigenvalue weighted by Gasteiger charge is -2.06. The van der Waals surface area contributed by atoms with Gasteiger partial charge in [0.05, 0.1) is 10.0 Å². The maximum Gasteiger partial charge on any atom is 0.238 e. The van der Waals surface area contributed by atoms with Crippen LogP contribution < -0.4 is 4.74 Å². The van der Waals surface area contributed by atoms with Crippen LogP contribution >= 0.6 is 39.1 Å². The van der Waals surface area contributed by atoms with Crippen LogP contribution in [0.4, 0.5) is 0 Å². The van der Waals surface area contributed by atoms with E-state index in [-0.39, 0.29) is 0 Å². The molecule has 0 heterocycles. The highest BCUT2D eigenvalue weighted by molar-refractivity contribution is 9.09. The van der Waals surface area contributed by atoms with Gasteiger partial charge in [0.25, 0.3) is 0 Å². The molecule has 1 unspecified atom stereocenters. The zero-order chi connectivity index (χ0) is 9.84. The molecule has 2 nitrogen and oxygen atoms in total. The molecule has 1 atom stereocenters. The fourth-order valence-electron chi connectivity index (χ4n) is 0.696. The summed E-state index contributed by atoms with van der Waals surface area (Å²) in [5.74, 6) is 0.498. The third kappa shape index (κ3) is 3.07. The molecule has 1 rings (SSSR count). The van der Waals surface area contributed by atoms with E-state index in [0.29, 0.717) is 15.8 Å². The number of rotatable bonds is 2. The van der Waals surface area contributed by atoms with Crippen molar-refractivity contribution < 1.29 is 4.74 Å². The van der Waals surface area contributed by atoms with Gasteiger partial charge in [-0.1, -0.05) is 23.2 Å². The Kier molecular flexibility index (Phi) is 3.86. The van der Waals surface area contributed by atoms with Gasteiger partial charge in [-0.05, 0) is 28.1 Å². The number of alkyl halides is 1. The van der Waals surface area contributed by atoms with E-state index in [0.717, 1.165) is 0 Å². The van der Waals surface area contributed by atoms with Gasteiger partial charge in [0, 0.05) is 6.07 Å². The van der Waals surface area contributed by atoms with Gasteiger partial charge in [0.15, 0.2) is 0 Å². The van der Waals surface area contributed by atoms with Crippen molar-refractivity contribution in [1.82, 2.24) is 0 Å². The topological polar surface area (TPSA) is 33.0 Å². The molecule has 13 heavy (non-hydrogen) atoms. The molecule has 0 amide bonds. The molecule has 1 aromatic rings. The van der Waals surface area contributed by atoms with E-state index in [2.05, 4.69) is 15.9 Å². The summed E-state index contributed by atoms with van der Waals surface area (Å²) in [6, 6.07) is 6.66. The van der Waals surface area contributed by atoms with Crippen LogP contribution in [0.1, 0.15) is 0 Å². The molecule has 0 aliphatic heterocycles. The Balaban J connectivity index is 2.81. The van der Waals surface area contributed by atoms with Gasteiger partial charge in [-0.3, -0.25) is 0 Å². The van der Waals surface area contributed by atoms with Crippen molar-refractivity contribution in [3.8, 4) is 11.8 Å². The monoisotopic (exact) mass is 279 g/mol. The van der Waals surface area contributed by atoms with Gasteiger partial charge in [-0.15, -0.1) is 0 Å². The van der Waals surface area contributed by atoms with E-state index in [9.17, 15) is 0 Å². The van der Waals surface area contributed by atoms with Crippen molar-refractivity contribution in [2.24, 2.45) is 0 Å². The molecule has 68 valence electrons. The Bertz CT molecular complexity index is 350. The summed E-state index contributed by atoms with van der Waals surface area (Å²) >= 11 is 14.4. The number of ether oxygens (including phenoxy) is 1. The molecule has 0 fully saturated rings. The van der Waals surface area contributed by atoms with Crippen LogP contribution in [0.3, 0.4) is 0 Å². The third-order valence-corrected chi connectivity index (χ3v) is 2.36. The molecule has 0 bridgehead atoms. The Morgan fingerprint density at radius 2 is 2.08 bits per heavy atom. The number of hydrogen-bond acceptors (Lipinski definition) is 2. The maximum atomic E-state index is 8.44. The summed E-state index contributed by atoms with van der Waals surface area (Å²) in [5.41, 5.74) is 0. The first-order valence-corrected chi connectivity index (χ1v) is 4.96. The van der Waals surface area contributed by atoms with Crippen LogP contribution in [0.15, 0.2) is 18.2 Å². The SMILES string of the molecule is N#CC(Br)Oc1ccc(Cl)c(Cl)c1. The van der Waals surface area contributed by atoms with Crippen LogP contribution in [0.25, 0.3) is 0 Å². The minimum Gasteiger partial charge on any atom is -0.465 e. The lowest BCUT2D eigenvalue weighted by molar-refractivity contribution is 0.344. The van der Waals surface area contributed by atoms with Crippen molar-refractivity contribution in [3.05, 3.63) is 28.2 Å². The van der Waals surface area contributed by atoms with E-state index in [1.165, 1.54) is 0 Å². The molecule has 0 N–H and O–H groups in total. The number of benzene rings is 1. The minimum absolute atomic E-state index is 0.400. The Hall–Kier alpha value is -0.430. The van der Waals surface area contributed by atoms with Gasteiger partial charge in [-0.2, -0.15) is 5.26 Å². The normalized spacial score (nSPS) is 11.8. The van der Waals surface area contributed by atoms with Gasteiger partial charge < -0.3 is 4.74 Å². The second-order valence-electron chi connectivity index (χ2n) is 2.14. The first kappa shape index (κ1) is 10.6. The van der Waals surface area contributed by atoms with Crippen molar-refractivity contribution in [3.63, 3.8) is 0 Å². The fourth-order valence-corrected chi connectivity index (χ4v) is 1.20. The number of nitrogens with zero attached hydrogens (tertiary/aromatic N) is 1. The summed E-state index contributed by atoms with van der Waals surface area (Å²) in [6.45, 7) is 0. The van der Waals surface area contributed by atoms with Crippen LogP contribution in [0.2, 0.25) is 10.0 Å². The lowest BCUT2D eigenvalue weighted by Crippen LogP contribution is -2.03. The Labute approximate surface area is 94.1 Å². The molecule has 0 radical (unpaired) electrons. The number of nitriles is 1. The average Bonchev–Trinajstić information content (AvgIpc) is 2.11. The maximum absolute atomic E-state index is 8.44. The Morgan fingerprint density at radius 3 is 2.62 bits per heavy atom. The van der Waals surface area contributed by atoms with Crippen LogP contribution in [0, 0.1) is 11.3 Å². The average molecular weight is 281 g/mol. The van der Waals surface area contributed by atoms with Gasteiger partial charge in [0.2, 0.25) is 5.01 Å². The highest BCUT2D eigenvalue weighted by Crippen LogP contribution is 2.27. The summed E-state index contributed by atoms with van der Waals surface area (Å²) in [4.78, 5) is 0. The standard InChI is InChI=1S/C8H4BrCl2NO/c9-8(4-12)13-5-1-2-6(10)7(11)3-5/h1-3,8H. The van der Waals surface area contributed by atoms with Crippen LogP contribution in [-0.2, 0) is 0 Å². The summed E-state index contributed by atoms with van der Waals surface area (Å²) in [6.07, 6.45) is 0. The van der Waals surface area contributed by atoms with E-state index in [4.69, 9.17) is 33.2 Å². The van der Waals surface area contributed by atoms with Crippen molar-refractivity contribution >= 4 is 39.1 Å². The van der Waals surface area contributed by atoms with Gasteiger partial charge >= 0.3 is 0 Å². The summed E-state index contributed by atoms with van der Waals surface area (Å²) in [7, 11) is 0. The Morgan fingerprint density at radius 1 is 1.38 bits per heavy atom. The molecule has 0 saturated heterocycles. The van der Waals surface area contributed by atoms with Gasteiger partial charge in [-0.25, -0.2) is 0 Å². The summed E-state index contributed by atoms with van der Waals surface area (Å²) in [5, 5.41) is 8.62. The van der Waals surface area contributed by atoms with Crippen molar-refractivity contribution in [1.29, 1.82) is 5.26 Å².